The van der Waals surface area contributed by atoms with Crippen molar-refractivity contribution in [1.82, 2.24) is 10.2 Å². The van der Waals surface area contributed by atoms with Crippen LogP contribution in [0.15, 0.2) is 0 Å². The Labute approximate surface area is 126 Å². The van der Waals surface area contributed by atoms with E-state index in [1.807, 2.05) is 11.8 Å². The maximum Gasteiger partial charge on any atom is 0.249 e. The molecule has 2 aliphatic heterocycles. The lowest BCUT2D eigenvalue weighted by Crippen LogP contribution is -2.70. The van der Waals surface area contributed by atoms with Crippen LogP contribution in [0.4, 0.5) is 0 Å². The number of carbonyl (C=O) groups excluding carboxylic acids is 2. The average Bonchev–Trinajstić information content (AvgIpc) is 2.52. The SMILES string of the molecule is CC1C(=O)NC2(CCCCC2)C(=O)N1CC1CCCOC1. The molecule has 3 rings (SSSR count). The maximum absolute atomic E-state index is 13.0. The fourth-order valence-corrected chi connectivity index (χ4v) is 3.95. The molecule has 5 heteroatoms. The van der Waals surface area contributed by atoms with Gasteiger partial charge in [0.15, 0.2) is 0 Å². The van der Waals surface area contributed by atoms with Crippen LogP contribution in [0.3, 0.4) is 0 Å². The lowest BCUT2D eigenvalue weighted by Gasteiger charge is -2.47. The number of amides is 2. The molecule has 1 aliphatic carbocycles. The van der Waals surface area contributed by atoms with Crippen molar-refractivity contribution in [3.63, 3.8) is 0 Å². The minimum absolute atomic E-state index is 0.00762. The van der Waals surface area contributed by atoms with E-state index in [-0.39, 0.29) is 17.9 Å². The van der Waals surface area contributed by atoms with Gasteiger partial charge in [-0.25, -0.2) is 0 Å². The van der Waals surface area contributed by atoms with Crippen molar-refractivity contribution in [2.75, 3.05) is 19.8 Å². The Kier molecular flexibility index (Phi) is 4.20. The van der Waals surface area contributed by atoms with Gasteiger partial charge in [0.05, 0.1) is 6.61 Å². The van der Waals surface area contributed by atoms with Crippen LogP contribution < -0.4 is 5.32 Å². The molecule has 118 valence electrons. The highest BCUT2D eigenvalue weighted by Gasteiger charge is 2.50. The zero-order chi connectivity index (χ0) is 14.9. The average molecular weight is 294 g/mol. The van der Waals surface area contributed by atoms with Crippen LogP contribution in [0.2, 0.25) is 0 Å². The summed E-state index contributed by atoms with van der Waals surface area (Å²) in [6.07, 6.45) is 6.95. The summed E-state index contributed by atoms with van der Waals surface area (Å²) in [6, 6.07) is -0.355. The van der Waals surface area contributed by atoms with E-state index in [2.05, 4.69) is 5.32 Å². The molecule has 0 aromatic rings. The van der Waals surface area contributed by atoms with Gasteiger partial charge in [-0.1, -0.05) is 19.3 Å². The second kappa shape index (κ2) is 5.95. The summed E-state index contributed by atoms with van der Waals surface area (Å²) in [7, 11) is 0. The van der Waals surface area contributed by atoms with Gasteiger partial charge < -0.3 is 15.0 Å². The number of carbonyl (C=O) groups is 2. The summed E-state index contributed by atoms with van der Waals surface area (Å²) in [4.78, 5) is 27.2. The largest absolute Gasteiger partial charge is 0.381 e. The van der Waals surface area contributed by atoms with Gasteiger partial charge in [-0.05, 0) is 38.5 Å². The predicted molar refractivity (Wildman–Crippen MR) is 78.7 cm³/mol. The fourth-order valence-electron chi connectivity index (χ4n) is 3.95. The van der Waals surface area contributed by atoms with Gasteiger partial charge >= 0.3 is 0 Å². The van der Waals surface area contributed by atoms with E-state index in [0.717, 1.165) is 51.6 Å². The van der Waals surface area contributed by atoms with Crippen molar-refractivity contribution in [3.8, 4) is 0 Å². The molecule has 2 amide bonds. The van der Waals surface area contributed by atoms with Crippen molar-refractivity contribution in [2.45, 2.75) is 63.5 Å². The molecule has 2 heterocycles. The standard InChI is InChI=1S/C16H26N2O3/c1-12-14(19)17-16(7-3-2-4-8-16)15(20)18(12)10-13-6-5-9-21-11-13/h12-13H,2-11H2,1H3,(H,17,19). The first-order valence-electron chi connectivity index (χ1n) is 8.33. The minimum Gasteiger partial charge on any atom is -0.381 e. The Morgan fingerprint density at radius 3 is 2.67 bits per heavy atom. The van der Waals surface area contributed by atoms with Gasteiger partial charge in [-0.3, -0.25) is 9.59 Å². The molecule has 0 aromatic heterocycles. The summed E-state index contributed by atoms with van der Waals surface area (Å²) in [5.41, 5.74) is -0.614. The quantitative estimate of drug-likeness (QED) is 0.839. The molecule has 2 atom stereocenters. The predicted octanol–water partition coefficient (Wildman–Crippen LogP) is 1.46. The molecule has 0 aromatic carbocycles. The van der Waals surface area contributed by atoms with Crippen molar-refractivity contribution < 1.29 is 14.3 Å². The van der Waals surface area contributed by atoms with Crippen LogP contribution in [0.5, 0.6) is 0 Å². The van der Waals surface area contributed by atoms with Crippen molar-refractivity contribution >= 4 is 11.8 Å². The monoisotopic (exact) mass is 294 g/mol. The first-order chi connectivity index (χ1) is 10.1. The summed E-state index contributed by atoms with van der Waals surface area (Å²) in [5.74, 6) is 0.518. The highest BCUT2D eigenvalue weighted by Crippen LogP contribution is 2.34. The van der Waals surface area contributed by atoms with E-state index in [0.29, 0.717) is 19.1 Å². The third-order valence-electron chi connectivity index (χ3n) is 5.30. The molecule has 1 N–H and O–H groups in total. The second-order valence-electron chi connectivity index (χ2n) is 6.85. The normalized spacial score (nSPS) is 33.1. The number of nitrogens with zero attached hydrogens (tertiary/aromatic N) is 1. The molecular weight excluding hydrogens is 268 g/mol. The van der Waals surface area contributed by atoms with Gasteiger partial charge in [0, 0.05) is 13.2 Å². The van der Waals surface area contributed by atoms with Crippen LogP contribution in [0, 0.1) is 5.92 Å². The zero-order valence-corrected chi connectivity index (χ0v) is 12.9. The summed E-state index contributed by atoms with van der Waals surface area (Å²) in [6.45, 7) is 4.04. The van der Waals surface area contributed by atoms with Gasteiger partial charge in [0.1, 0.15) is 11.6 Å². The molecule has 2 unspecified atom stereocenters. The Hall–Kier alpha value is -1.10. The molecule has 5 nitrogen and oxygen atoms in total. The minimum atomic E-state index is -0.614. The Morgan fingerprint density at radius 1 is 1.24 bits per heavy atom. The number of ether oxygens (including phenoxy) is 1. The highest BCUT2D eigenvalue weighted by atomic mass is 16.5. The van der Waals surface area contributed by atoms with Gasteiger partial charge in [0.2, 0.25) is 11.8 Å². The maximum atomic E-state index is 13.0. The molecule has 0 bridgehead atoms. The van der Waals surface area contributed by atoms with Crippen molar-refractivity contribution in [1.29, 1.82) is 0 Å². The molecule has 3 fully saturated rings. The number of nitrogens with one attached hydrogen (secondary N) is 1. The first-order valence-corrected chi connectivity index (χ1v) is 8.33. The fraction of sp³-hybridized carbons (Fsp3) is 0.875. The lowest BCUT2D eigenvalue weighted by atomic mass is 9.78. The number of hydrogen-bond donors (Lipinski definition) is 1. The first kappa shape index (κ1) is 14.8. The number of rotatable bonds is 2. The van der Waals surface area contributed by atoms with E-state index < -0.39 is 5.54 Å². The Bertz CT molecular complexity index is 412. The van der Waals surface area contributed by atoms with Gasteiger partial charge in [-0.2, -0.15) is 0 Å². The van der Waals surface area contributed by atoms with Crippen LogP contribution in [0.1, 0.15) is 51.9 Å². The molecular formula is C16H26N2O3. The van der Waals surface area contributed by atoms with Crippen LogP contribution >= 0.6 is 0 Å². The summed E-state index contributed by atoms with van der Waals surface area (Å²) >= 11 is 0. The molecule has 1 spiro atoms. The van der Waals surface area contributed by atoms with E-state index in [9.17, 15) is 9.59 Å². The molecule has 0 radical (unpaired) electrons. The van der Waals surface area contributed by atoms with Gasteiger partial charge in [0.25, 0.3) is 0 Å². The van der Waals surface area contributed by atoms with Gasteiger partial charge in [-0.15, -0.1) is 0 Å². The highest BCUT2D eigenvalue weighted by molar-refractivity contribution is 5.99. The van der Waals surface area contributed by atoms with E-state index in [1.165, 1.54) is 0 Å². The smallest absolute Gasteiger partial charge is 0.249 e. The molecule has 2 saturated heterocycles. The molecule has 3 aliphatic rings. The van der Waals surface area contributed by atoms with Crippen molar-refractivity contribution in [2.24, 2.45) is 5.92 Å². The van der Waals surface area contributed by atoms with E-state index in [4.69, 9.17) is 4.74 Å². The van der Waals surface area contributed by atoms with E-state index in [1.54, 1.807) is 0 Å². The topological polar surface area (TPSA) is 58.6 Å². The third-order valence-corrected chi connectivity index (χ3v) is 5.30. The Morgan fingerprint density at radius 2 is 2.00 bits per heavy atom. The number of hydrogen-bond acceptors (Lipinski definition) is 3. The van der Waals surface area contributed by atoms with Crippen LogP contribution in [-0.4, -0.2) is 48.1 Å². The molecule has 21 heavy (non-hydrogen) atoms. The summed E-state index contributed by atoms with van der Waals surface area (Å²) in [5, 5.41) is 3.04. The third kappa shape index (κ3) is 2.80. The van der Waals surface area contributed by atoms with Crippen LogP contribution in [-0.2, 0) is 14.3 Å². The van der Waals surface area contributed by atoms with Crippen LogP contribution in [0.25, 0.3) is 0 Å². The van der Waals surface area contributed by atoms with E-state index >= 15 is 0 Å². The second-order valence-corrected chi connectivity index (χ2v) is 6.85. The Balaban J connectivity index is 1.76. The van der Waals surface area contributed by atoms with Crippen molar-refractivity contribution in [3.05, 3.63) is 0 Å². The number of piperazine rings is 1. The lowest BCUT2D eigenvalue weighted by molar-refractivity contribution is -0.157. The zero-order valence-electron chi connectivity index (χ0n) is 12.9. The summed E-state index contributed by atoms with van der Waals surface area (Å²) < 4.78 is 5.52. The molecule has 1 saturated carbocycles.